The monoisotopic (exact) mass is 216 g/mol. The summed E-state index contributed by atoms with van der Waals surface area (Å²) in [7, 11) is 2.16. The minimum atomic E-state index is 0.793. The molecule has 0 fully saturated rings. The minimum absolute atomic E-state index is 0.793. The van der Waals surface area contributed by atoms with Crippen LogP contribution in [-0.2, 0) is 0 Å². The molecule has 0 atom stereocenters. The van der Waals surface area contributed by atoms with Crippen LogP contribution in [0.5, 0.6) is 0 Å². The van der Waals surface area contributed by atoms with Crippen LogP contribution in [0.2, 0.25) is 0 Å². The van der Waals surface area contributed by atoms with Crippen molar-refractivity contribution in [2.75, 3.05) is 46.3 Å². The molecular weight excluding hydrogens is 188 g/mol. The predicted molar refractivity (Wildman–Crippen MR) is 66.9 cm³/mol. The summed E-state index contributed by atoms with van der Waals surface area (Å²) in [5.74, 6) is 0. The molecule has 5 N–H and O–H groups in total. The van der Waals surface area contributed by atoms with Crippen LogP contribution in [0.3, 0.4) is 0 Å². The molecule has 0 aromatic carbocycles. The van der Waals surface area contributed by atoms with Crippen molar-refractivity contribution in [3.05, 3.63) is 0 Å². The Balaban J connectivity index is 3.02. The Morgan fingerprint density at radius 1 is 0.867 bits per heavy atom. The number of unbranched alkanes of at least 4 members (excludes halogenated alkanes) is 1. The van der Waals surface area contributed by atoms with E-state index < -0.39 is 0 Å². The maximum Gasteiger partial charge on any atom is -0.000968 e. The van der Waals surface area contributed by atoms with E-state index in [-0.39, 0.29) is 0 Å². The number of nitrogens with one attached hydrogen (secondary N) is 1. The lowest BCUT2D eigenvalue weighted by atomic mass is 10.3. The van der Waals surface area contributed by atoms with Crippen molar-refractivity contribution < 1.29 is 0 Å². The van der Waals surface area contributed by atoms with E-state index in [9.17, 15) is 0 Å². The highest BCUT2D eigenvalue weighted by Gasteiger charge is 1.96. The zero-order valence-corrected chi connectivity index (χ0v) is 10.2. The third-order valence-electron chi connectivity index (χ3n) is 2.45. The van der Waals surface area contributed by atoms with Crippen molar-refractivity contribution in [2.24, 2.45) is 11.5 Å². The predicted octanol–water partition coefficient (Wildman–Crippen LogP) is -0.0144. The van der Waals surface area contributed by atoms with E-state index in [0.717, 1.165) is 52.1 Å². The van der Waals surface area contributed by atoms with Crippen LogP contribution in [0.25, 0.3) is 0 Å². The average Bonchev–Trinajstić information content (AvgIpc) is 2.25. The van der Waals surface area contributed by atoms with E-state index in [1.165, 1.54) is 12.8 Å². The highest BCUT2D eigenvalue weighted by atomic mass is 15.1. The third kappa shape index (κ3) is 11.8. The molecule has 0 rings (SSSR count). The van der Waals surface area contributed by atoms with Crippen LogP contribution in [-0.4, -0.2) is 51.2 Å². The lowest BCUT2D eigenvalue weighted by Crippen LogP contribution is -2.26. The maximum absolute atomic E-state index is 5.45. The van der Waals surface area contributed by atoms with Crippen LogP contribution >= 0.6 is 0 Å². The molecule has 4 heteroatoms. The number of rotatable bonds is 11. The van der Waals surface area contributed by atoms with E-state index in [1.54, 1.807) is 0 Å². The molecule has 0 spiro atoms. The zero-order valence-electron chi connectivity index (χ0n) is 10.2. The van der Waals surface area contributed by atoms with E-state index in [4.69, 9.17) is 11.5 Å². The zero-order chi connectivity index (χ0) is 11.4. The van der Waals surface area contributed by atoms with Gasteiger partial charge in [0.1, 0.15) is 0 Å². The van der Waals surface area contributed by atoms with Crippen LogP contribution in [0.15, 0.2) is 0 Å². The molecule has 0 amide bonds. The number of nitrogens with two attached hydrogens (primary N) is 2. The fraction of sp³-hybridized carbons (Fsp3) is 1.00. The summed E-state index contributed by atoms with van der Waals surface area (Å²) in [6.45, 7) is 6.08. The summed E-state index contributed by atoms with van der Waals surface area (Å²) in [6.07, 6.45) is 4.63. The second-order valence-electron chi connectivity index (χ2n) is 4.04. The fourth-order valence-corrected chi connectivity index (χ4v) is 1.47. The Labute approximate surface area is 94.4 Å². The highest BCUT2D eigenvalue weighted by Crippen LogP contribution is 1.89. The molecule has 0 saturated carbocycles. The molecule has 0 saturated heterocycles. The molecule has 0 bridgehead atoms. The Kier molecular flexibility index (Phi) is 11.8. The van der Waals surface area contributed by atoms with Crippen molar-refractivity contribution in [1.82, 2.24) is 10.2 Å². The molecule has 92 valence electrons. The lowest BCUT2D eigenvalue weighted by Gasteiger charge is -2.15. The van der Waals surface area contributed by atoms with Crippen LogP contribution in [0.4, 0.5) is 0 Å². The van der Waals surface area contributed by atoms with Crippen molar-refractivity contribution >= 4 is 0 Å². The lowest BCUT2D eigenvalue weighted by molar-refractivity contribution is 0.324. The smallest absolute Gasteiger partial charge is 0.000968 e. The van der Waals surface area contributed by atoms with Gasteiger partial charge < -0.3 is 21.7 Å². The van der Waals surface area contributed by atoms with Crippen molar-refractivity contribution in [2.45, 2.75) is 25.7 Å². The molecule has 4 nitrogen and oxygen atoms in total. The Hall–Kier alpha value is -0.160. The van der Waals surface area contributed by atoms with Gasteiger partial charge in [-0.05, 0) is 72.0 Å². The molecule has 0 aromatic rings. The molecular formula is C11H28N4. The first-order valence-electron chi connectivity index (χ1n) is 6.10. The van der Waals surface area contributed by atoms with Gasteiger partial charge in [0.2, 0.25) is 0 Å². The fourth-order valence-electron chi connectivity index (χ4n) is 1.47. The molecule has 0 radical (unpaired) electrons. The second-order valence-corrected chi connectivity index (χ2v) is 4.04. The van der Waals surface area contributed by atoms with Gasteiger partial charge in [0, 0.05) is 0 Å². The van der Waals surface area contributed by atoms with E-state index in [1.807, 2.05) is 0 Å². The van der Waals surface area contributed by atoms with Gasteiger partial charge in [-0.2, -0.15) is 0 Å². The topological polar surface area (TPSA) is 67.3 Å². The van der Waals surface area contributed by atoms with E-state index >= 15 is 0 Å². The number of nitrogens with zero attached hydrogens (tertiary/aromatic N) is 1. The summed E-state index contributed by atoms with van der Waals surface area (Å²) in [4.78, 5) is 2.34. The first kappa shape index (κ1) is 14.8. The first-order valence-corrected chi connectivity index (χ1v) is 6.10. The average molecular weight is 216 g/mol. The molecule has 0 heterocycles. The summed E-state index contributed by atoms with van der Waals surface area (Å²) in [5.41, 5.74) is 10.9. The Morgan fingerprint density at radius 2 is 1.47 bits per heavy atom. The molecule has 15 heavy (non-hydrogen) atoms. The van der Waals surface area contributed by atoms with Gasteiger partial charge in [-0.25, -0.2) is 0 Å². The summed E-state index contributed by atoms with van der Waals surface area (Å²) in [6, 6.07) is 0. The standard InChI is InChI=1S/C11H28N4/c1-15(10-4-7-13)11-5-9-14-8-3-2-6-12/h14H,2-13H2,1H3. The molecule has 0 aliphatic rings. The maximum atomic E-state index is 5.45. The Morgan fingerprint density at radius 3 is 2.13 bits per heavy atom. The Bertz CT molecular complexity index is 119. The summed E-state index contributed by atoms with van der Waals surface area (Å²) in [5, 5.41) is 3.42. The quantitative estimate of drug-likeness (QED) is 0.425. The van der Waals surface area contributed by atoms with Gasteiger partial charge in [-0.3, -0.25) is 0 Å². The molecule has 0 aliphatic carbocycles. The number of hydrogen-bond donors (Lipinski definition) is 3. The molecule has 0 aliphatic heterocycles. The van der Waals surface area contributed by atoms with Gasteiger partial charge in [0.15, 0.2) is 0 Å². The normalized spacial score (nSPS) is 11.2. The van der Waals surface area contributed by atoms with Gasteiger partial charge in [-0.1, -0.05) is 0 Å². The van der Waals surface area contributed by atoms with E-state index in [2.05, 4.69) is 17.3 Å². The van der Waals surface area contributed by atoms with Crippen LogP contribution in [0, 0.1) is 0 Å². The van der Waals surface area contributed by atoms with E-state index in [0.29, 0.717) is 0 Å². The first-order chi connectivity index (χ1) is 7.31. The van der Waals surface area contributed by atoms with Crippen molar-refractivity contribution in [3.8, 4) is 0 Å². The van der Waals surface area contributed by atoms with Gasteiger partial charge in [-0.15, -0.1) is 0 Å². The molecule has 0 aromatic heterocycles. The minimum Gasteiger partial charge on any atom is -0.330 e. The third-order valence-corrected chi connectivity index (χ3v) is 2.45. The van der Waals surface area contributed by atoms with Gasteiger partial charge in [0.05, 0.1) is 0 Å². The van der Waals surface area contributed by atoms with Gasteiger partial charge >= 0.3 is 0 Å². The van der Waals surface area contributed by atoms with Crippen molar-refractivity contribution in [3.63, 3.8) is 0 Å². The van der Waals surface area contributed by atoms with Crippen LogP contribution in [0.1, 0.15) is 25.7 Å². The largest absolute Gasteiger partial charge is 0.330 e. The number of hydrogen-bond acceptors (Lipinski definition) is 4. The van der Waals surface area contributed by atoms with Gasteiger partial charge in [0.25, 0.3) is 0 Å². The summed E-state index contributed by atoms with van der Waals surface area (Å²) < 4.78 is 0. The highest BCUT2D eigenvalue weighted by molar-refractivity contribution is 4.55. The molecule has 0 unspecified atom stereocenters. The second kappa shape index (κ2) is 11.9. The SMILES string of the molecule is CN(CCCN)CCCNCCCCN. The summed E-state index contributed by atoms with van der Waals surface area (Å²) >= 11 is 0. The van der Waals surface area contributed by atoms with Crippen molar-refractivity contribution in [1.29, 1.82) is 0 Å². The van der Waals surface area contributed by atoms with Crippen LogP contribution < -0.4 is 16.8 Å².